The van der Waals surface area contributed by atoms with Crippen molar-refractivity contribution < 1.29 is 13.2 Å². The van der Waals surface area contributed by atoms with Gasteiger partial charge in [0, 0.05) is 18.2 Å². The molecule has 0 saturated heterocycles. The van der Waals surface area contributed by atoms with Gasteiger partial charge in [-0.05, 0) is 30.7 Å². The van der Waals surface area contributed by atoms with Crippen LogP contribution in [0.25, 0.3) is 5.52 Å². The number of halogens is 3. The zero-order chi connectivity index (χ0) is 15.0. The fourth-order valence-electron chi connectivity index (χ4n) is 2.32. The van der Waals surface area contributed by atoms with Crippen molar-refractivity contribution in [1.82, 2.24) is 14.6 Å². The van der Waals surface area contributed by atoms with E-state index in [1.54, 1.807) is 12.3 Å². The molecule has 3 aromatic rings. The Morgan fingerprint density at radius 3 is 2.62 bits per heavy atom. The maximum atomic E-state index is 13.8. The van der Waals surface area contributed by atoms with Crippen LogP contribution in [0.3, 0.4) is 0 Å². The van der Waals surface area contributed by atoms with Gasteiger partial charge in [0.05, 0.1) is 11.2 Å². The van der Waals surface area contributed by atoms with Gasteiger partial charge in [-0.3, -0.25) is 0 Å². The van der Waals surface area contributed by atoms with Gasteiger partial charge in [-0.2, -0.15) is 5.10 Å². The summed E-state index contributed by atoms with van der Waals surface area (Å²) in [6.07, 6.45) is 2.08. The van der Waals surface area contributed by atoms with E-state index in [1.165, 1.54) is 4.52 Å². The number of nitrogens with zero attached hydrogens (tertiary/aromatic N) is 3. The number of benzene rings is 1. The van der Waals surface area contributed by atoms with E-state index in [2.05, 4.69) is 10.1 Å². The summed E-state index contributed by atoms with van der Waals surface area (Å²) >= 11 is 0. The zero-order valence-electron chi connectivity index (χ0n) is 11.3. The first kappa shape index (κ1) is 13.6. The molecule has 2 heterocycles. The standard InChI is InChI=1S/C15H12F3N3/c1-2-12-13-4-3-7-19-21(13)14(20-12)8-9-10(16)5-6-11(17)15(9)18/h3-7H,2,8H2,1H3. The van der Waals surface area contributed by atoms with E-state index in [9.17, 15) is 13.2 Å². The van der Waals surface area contributed by atoms with Gasteiger partial charge < -0.3 is 0 Å². The molecule has 1 aromatic carbocycles. The zero-order valence-corrected chi connectivity index (χ0v) is 11.3. The number of imidazole rings is 1. The Morgan fingerprint density at radius 2 is 1.86 bits per heavy atom. The van der Waals surface area contributed by atoms with Gasteiger partial charge in [0.1, 0.15) is 11.6 Å². The van der Waals surface area contributed by atoms with Crippen molar-refractivity contribution in [3.8, 4) is 0 Å². The van der Waals surface area contributed by atoms with Crippen LogP contribution in [0.2, 0.25) is 0 Å². The molecule has 0 fully saturated rings. The molecule has 0 spiro atoms. The summed E-state index contributed by atoms with van der Waals surface area (Å²) in [6, 6.07) is 5.29. The molecule has 3 nitrogen and oxygen atoms in total. The quantitative estimate of drug-likeness (QED) is 0.693. The molecular weight excluding hydrogens is 279 g/mol. The normalized spacial score (nSPS) is 11.2. The molecule has 0 unspecified atom stereocenters. The van der Waals surface area contributed by atoms with Crippen LogP contribution >= 0.6 is 0 Å². The lowest BCUT2D eigenvalue weighted by atomic mass is 10.1. The third-order valence-electron chi connectivity index (χ3n) is 3.36. The van der Waals surface area contributed by atoms with E-state index in [0.29, 0.717) is 12.2 Å². The smallest absolute Gasteiger partial charge is 0.165 e. The van der Waals surface area contributed by atoms with Crippen molar-refractivity contribution in [1.29, 1.82) is 0 Å². The van der Waals surface area contributed by atoms with E-state index >= 15 is 0 Å². The molecule has 21 heavy (non-hydrogen) atoms. The van der Waals surface area contributed by atoms with Crippen LogP contribution in [0.4, 0.5) is 13.2 Å². The summed E-state index contributed by atoms with van der Waals surface area (Å²) in [6.45, 7) is 1.93. The fraction of sp³-hybridized carbons (Fsp3) is 0.200. The number of aromatic nitrogens is 3. The van der Waals surface area contributed by atoms with Crippen LogP contribution < -0.4 is 0 Å². The molecule has 0 bridgehead atoms. The topological polar surface area (TPSA) is 30.2 Å². The van der Waals surface area contributed by atoms with Gasteiger partial charge in [-0.15, -0.1) is 0 Å². The molecule has 6 heteroatoms. The van der Waals surface area contributed by atoms with Crippen molar-refractivity contribution >= 4 is 5.52 Å². The lowest BCUT2D eigenvalue weighted by Crippen LogP contribution is -2.04. The number of fused-ring (bicyclic) bond motifs is 1. The highest BCUT2D eigenvalue weighted by atomic mass is 19.2. The van der Waals surface area contributed by atoms with Gasteiger partial charge in [0.25, 0.3) is 0 Å². The summed E-state index contributed by atoms with van der Waals surface area (Å²) in [5.41, 5.74) is 1.23. The Kier molecular flexibility index (Phi) is 3.37. The second-order valence-electron chi connectivity index (χ2n) is 4.65. The second kappa shape index (κ2) is 5.20. The first-order chi connectivity index (χ1) is 10.1. The molecule has 0 saturated carbocycles. The average molecular weight is 291 g/mol. The second-order valence-corrected chi connectivity index (χ2v) is 4.65. The molecular formula is C15H12F3N3. The number of rotatable bonds is 3. The predicted molar refractivity (Wildman–Crippen MR) is 71.5 cm³/mol. The molecule has 3 rings (SSSR count). The monoisotopic (exact) mass is 291 g/mol. The molecule has 0 amide bonds. The molecule has 2 aromatic heterocycles. The maximum absolute atomic E-state index is 13.8. The lowest BCUT2D eigenvalue weighted by molar-refractivity contribution is 0.481. The Morgan fingerprint density at radius 1 is 1.10 bits per heavy atom. The Hall–Kier alpha value is -2.37. The van der Waals surface area contributed by atoms with Crippen LogP contribution in [-0.2, 0) is 12.8 Å². The van der Waals surface area contributed by atoms with Crippen molar-refractivity contribution in [2.45, 2.75) is 19.8 Å². The van der Waals surface area contributed by atoms with Crippen molar-refractivity contribution in [2.24, 2.45) is 0 Å². The maximum Gasteiger partial charge on any atom is 0.165 e. The highest BCUT2D eigenvalue weighted by Crippen LogP contribution is 2.21. The Bertz CT molecular complexity index is 811. The molecule has 0 aliphatic rings. The third-order valence-corrected chi connectivity index (χ3v) is 3.36. The SMILES string of the molecule is CCc1nc(Cc2c(F)ccc(F)c2F)n2ncccc12. The Balaban J connectivity index is 2.13. The van der Waals surface area contributed by atoms with Gasteiger partial charge >= 0.3 is 0 Å². The fourth-order valence-corrected chi connectivity index (χ4v) is 2.32. The highest BCUT2D eigenvalue weighted by Gasteiger charge is 2.18. The average Bonchev–Trinajstić information content (AvgIpc) is 2.86. The lowest BCUT2D eigenvalue weighted by Gasteiger charge is -2.05. The minimum atomic E-state index is -1.18. The van der Waals surface area contributed by atoms with Crippen molar-refractivity contribution in [3.05, 3.63) is 65.0 Å². The van der Waals surface area contributed by atoms with Crippen LogP contribution in [0.15, 0.2) is 30.5 Å². The van der Waals surface area contributed by atoms with E-state index in [-0.39, 0.29) is 12.0 Å². The summed E-state index contributed by atoms with van der Waals surface area (Å²) < 4.78 is 42.3. The van der Waals surface area contributed by atoms with E-state index in [4.69, 9.17) is 0 Å². The molecule has 0 N–H and O–H groups in total. The van der Waals surface area contributed by atoms with Crippen molar-refractivity contribution in [3.63, 3.8) is 0 Å². The van der Waals surface area contributed by atoms with Crippen LogP contribution in [0.1, 0.15) is 24.0 Å². The number of aryl methyl sites for hydroxylation is 1. The largest absolute Gasteiger partial charge is 0.235 e. The summed E-state index contributed by atoms with van der Waals surface area (Å²) in [5, 5.41) is 4.14. The predicted octanol–water partition coefficient (Wildman–Crippen LogP) is 3.30. The molecule has 0 aliphatic heterocycles. The minimum Gasteiger partial charge on any atom is -0.235 e. The van der Waals surface area contributed by atoms with Gasteiger partial charge in [-0.1, -0.05) is 6.92 Å². The summed E-state index contributed by atoms with van der Waals surface area (Å²) in [4.78, 5) is 4.36. The van der Waals surface area contributed by atoms with E-state index < -0.39 is 17.5 Å². The highest BCUT2D eigenvalue weighted by molar-refractivity contribution is 5.52. The first-order valence-corrected chi connectivity index (χ1v) is 6.55. The number of hydrogen-bond acceptors (Lipinski definition) is 2. The van der Waals surface area contributed by atoms with Gasteiger partial charge in [-0.25, -0.2) is 22.7 Å². The molecule has 0 aliphatic carbocycles. The summed E-state index contributed by atoms with van der Waals surface area (Å²) in [7, 11) is 0. The summed E-state index contributed by atoms with van der Waals surface area (Å²) in [5.74, 6) is -2.66. The third kappa shape index (κ3) is 2.26. The molecule has 108 valence electrons. The molecule has 0 radical (unpaired) electrons. The first-order valence-electron chi connectivity index (χ1n) is 6.55. The van der Waals surface area contributed by atoms with Crippen molar-refractivity contribution in [2.75, 3.05) is 0 Å². The van der Waals surface area contributed by atoms with Crippen LogP contribution in [0, 0.1) is 17.5 Å². The van der Waals surface area contributed by atoms with Gasteiger partial charge in [0.2, 0.25) is 0 Å². The Labute approximate surface area is 119 Å². The number of hydrogen-bond donors (Lipinski definition) is 0. The molecule has 0 atom stereocenters. The van der Waals surface area contributed by atoms with E-state index in [0.717, 1.165) is 23.3 Å². The minimum absolute atomic E-state index is 0.159. The van der Waals surface area contributed by atoms with Crippen LogP contribution in [-0.4, -0.2) is 14.6 Å². The van der Waals surface area contributed by atoms with Gasteiger partial charge in [0.15, 0.2) is 11.6 Å². The van der Waals surface area contributed by atoms with Crippen LogP contribution in [0.5, 0.6) is 0 Å². The van der Waals surface area contributed by atoms with E-state index in [1.807, 2.05) is 13.0 Å².